The zero-order valence-electron chi connectivity index (χ0n) is 23.1. The van der Waals surface area contributed by atoms with Gasteiger partial charge in [0, 0.05) is 46.5 Å². The van der Waals surface area contributed by atoms with E-state index in [4.69, 9.17) is 23.2 Å². The first-order valence-electron chi connectivity index (χ1n) is 14.3. The van der Waals surface area contributed by atoms with E-state index in [-0.39, 0.29) is 48.7 Å². The number of amides is 2. The molecule has 0 saturated heterocycles. The van der Waals surface area contributed by atoms with Crippen LogP contribution in [-0.2, 0) is 26.2 Å². The van der Waals surface area contributed by atoms with Gasteiger partial charge in [-0.15, -0.1) is 0 Å². The van der Waals surface area contributed by atoms with Crippen molar-refractivity contribution >= 4 is 61.5 Å². The van der Waals surface area contributed by atoms with Gasteiger partial charge >= 0.3 is 0 Å². The highest BCUT2D eigenvalue weighted by Gasteiger charge is 2.36. The molecule has 1 fully saturated rings. The lowest BCUT2D eigenvalue weighted by atomic mass is 9.95. The molecule has 3 aromatic carbocycles. The first-order valence-corrected chi connectivity index (χ1v) is 16.5. The summed E-state index contributed by atoms with van der Waals surface area (Å²) in [5, 5.41) is 5.58. The Hall–Kier alpha value is -2.81. The lowest BCUT2D eigenvalue weighted by Crippen LogP contribution is -2.51. The summed E-state index contributed by atoms with van der Waals surface area (Å²) in [5.41, 5.74) is 1.21. The van der Waals surface area contributed by atoms with Crippen LogP contribution in [0.2, 0.25) is 10.0 Å². The van der Waals surface area contributed by atoms with Crippen molar-refractivity contribution in [1.82, 2.24) is 10.2 Å². The Morgan fingerprint density at radius 3 is 2.34 bits per heavy atom. The standard InChI is InChI=1S/C31H35Cl2N3O4S/c1-2-26(31(38)34-22-12-4-3-5-13-22)35(20-23-24(32)14-8-15-25(23)33)29(37)18-9-19-36-27-16-6-10-21-11-7-17-28(30(21)27)41(36,39)40/h6-8,10-11,14-17,22,26H,2-5,9,12-13,18-20H2,1H3,(H,34,38). The third kappa shape index (κ3) is 6.06. The van der Waals surface area contributed by atoms with Gasteiger partial charge in [0.05, 0.1) is 10.6 Å². The average molecular weight is 617 g/mol. The molecule has 1 aliphatic carbocycles. The Labute approximate surface area is 251 Å². The Kier molecular flexibility index (Phi) is 9.12. The van der Waals surface area contributed by atoms with E-state index in [9.17, 15) is 18.0 Å². The maximum absolute atomic E-state index is 13.8. The zero-order chi connectivity index (χ0) is 29.1. The summed E-state index contributed by atoms with van der Waals surface area (Å²) in [7, 11) is -3.72. The van der Waals surface area contributed by atoms with Gasteiger partial charge < -0.3 is 10.2 Å². The van der Waals surface area contributed by atoms with Crippen LogP contribution in [0.3, 0.4) is 0 Å². The number of carbonyl (C=O) groups excluding carboxylic acids is 2. The van der Waals surface area contributed by atoms with Gasteiger partial charge in [-0.3, -0.25) is 13.9 Å². The minimum Gasteiger partial charge on any atom is -0.352 e. The molecule has 7 nitrogen and oxygen atoms in total. The number of nitrogens with one attached hydrogen (secondary N) is 1. The number of rotatable bonds is 10. The van der Waals surface area contributed by atoms with Gasteiger partial charge in [0.25, 0.3) is 10.0 Å². The van der Waals surface area contributed by atoms with Gasteiger partial charge in [-0.2, -0.15) is 0 Å². The number of halogens is 2. The molecular formula is C31H35Cl2N3O4S. The first-order chi connectivity index (χ1) is 19.7. The molecule has 2 amide bonds. The van der Waals surface area contributed by atoms with Crippen LogP contribution in [0.15, 0.2) is 59.5 Å². The Bertz CT molecular complexity index is 1530. The summed E-state index contributed by atoms with van der Waals surface area (Å²) in [6, 6.07) is 15.4. The molecule has 0 aromatic heterocycles. The second-order valence-corrected chi connectivity index (χ2v) is 13.4. The van der Waals surface area contributed by atoms with Crippen molar-refractivity contribution < 1.29 is 18.0 Å². The highest BCUT2D eigenvalue weighted by atomic mass is 35.5. The predicted molar refractivity (Wildman–Crippen MR) is 164 cm³/mol. The van der Waals surface area contributed by atoms with Crippen molar-refractivity contribution in [2.75, 3.05) is 10.8 Å². The predicted octanol–water partition coefficient (Wildman–Crippen LogP) is 6.69. The molecule has 3 aromatic rings. The summed E-state index contributed by atoms with van der Waals surface area (Å²) in [5.74, 6) is -0.431. The summed E-state index contributed by atoms with van der Waals surface area (Å²) in [6.07, 6.45) is 5.98. The fourth-order valence-electron chi connectivity index (χ4n) is 6.03. The molecule has 10 heteroatoms. The zero-order valence-corrected chi connectivity index (χ0v) is 25.4. The van der Waals surface area contributed by atoms with Crippen molar-refractivity contribution in [3.8, 4) is 0 Å². The Morgan fingerprint density at radius 1 is 1.00 bits per heavy atom. The Balaban J connectivity index is 1.34. The summed E-state index contributed by atoms with van der Waals surface area (Å²) in [6.45, 7) is 2.11. The van der Waals surface area contributed by atoms with E-state index < -0.39 is 16.1 Å². The minimum absolute atomic E-state index is 0.0631. The lowest BCUT2D eigenvalue weighted by molar-refractivity contribution is -0.141. The quantitative estimate of drug-likeness (QED) is 0.275. The second kappa shape index (κ2) is 12.6. The molecule has 1 saturated carbocycles. The van der Waals surface area contributed by atoms with Crippen LogP contribution in [0.25, 0.3) is 10.8 Å². The SMILES string of the molecule is CCC(C(=O)NC1CCCCC1)N(Cc1c(Cl)cccc1Cl)C(=O)CCCN1c2cccc3cccc(c23)S1(=O)=O. The monoisotopic (exact) mass is 615 g/mol. The number of hydrogen-bond acceptors (Lipinski definition) is 4. The molecule has 1 unspecified atom stereocenters. The summed E-state index contributed by atoms with van der Waals surface area (Å²) < 4.78 is 28.1. The highest BCUT2D eigenvalue weighted by molar-refractivity contribution is 7.93. The number of hydrogen-bond donors (Lipinski definition) is 1. The van der Waals surface area contributed by atoms with Crippen molar-refractivity contribution in [2.24, 2.45) is 0 Å². The summed E-state index contributed by atoms with van der Waals surface area (Å²) >= 11 is 12.9. The largest absolute Gasteiger partial charge is 0.352 e. The highest BCUT2D eigenvalue weighted by Crippen LogP contribution is 2.42. The van der Waals surface area contributed by atoms with Crippen molar-refractivity contribution in [3.05, 3.63) is 70.2 Å². The Morgan fingerprint density at radius 2 is 1.66 bits per heavy atom. The molecule has 2 aliphatic rings. The summed E-state index contributed by atoms with van der Waals surface area (Å²) in [4.78, 5) is 29.1. The van der Waals surface area contributed by atoms with E-state index in [2.05, 4.69) is 5.32 Å². The number of nitrogens with zero attached hydrogens (tertiary/aromatic N) is 2. The molecule has 5 rings (SSSR count). The van der Waals surface area contributed by atoms with Crippen LogP contribution in [0.1, 0.15) is 63.9 Å². The van der Waals surface area contributed by atoms with Crippen molar-refractivity contribution in [2.45, 2.75) is 81.8 Å². The van der Waals surface area contributed by atoms with E-state index in [0.717, 1.165) is 31.1 Å². The first kappa shape index (κ1) is 29.7. The van der Waals surface area contributed by atoms with Crippen LogP contribution in [0.4, 0.5) is 5.69 Å². The average Bonchev–Trinajstić information content (AvgIpc) is 3.18. The van der Waals surface area contributed by atoms with Crippen LogP contribution in [-0.4, -0.2) is 43.8 Å². The molecule has 1 N–H and O–H groups in total. The maximum atomic E-state index is 13.8. The minimum atomic E-state index is -3.72. The second-order valence-electron chi connectivity index (χ2n) is 10.8. The van der Waals surface area contributed by atoms with Crippen molar-refractivity contribution in [1.29, 1.82) is 0 Å². The normalized spacial score (nSPS) is 17.0. The molecule has 0 bridgehead atoms. The maximum Gasteiger partial charge on any atom is 0.265 e. The molecule has 0 radical (unpaired) electrons. The molecule has 0 spiro atoms. The third-order valence-electron chi connectivity index (χ3n) is 8.16. The number of benzene rings is 3. The van der Waals surface area contributed by atoms with E-state index in [1.165, 1.54) is 10.7 Å². The molecule has 1 aliphatic heterocycles. The topological polar surface area (TPSA) is 86.8 Å². The van der Waals surface area contributed by atoms with Crippen LogP contribution < -0.4 is 9.62 Å². The van der Waals surface area contributed by atoms with Gasteiger partial charge in [-0.1, -0.05) is 79.7 Å². The fourth-order valence-corrected chi connectivity index (χ4v) is 8.30. The third-order valence-corrected chi connectivity index (χ3v) is 10.7. The lowest BCUT2D eigenvalue weighted by Gasteiger charge is -2.33. The number of anilines is 1. The number of sulfonamides is 1. The van der Waals surface area contributed by atoms with Crippen LogP contribution in [0, 0.1) is 0 Å². The van der Waals surface area contributed by atoms with E-state index in [1.807, 2.05) is 25.1 Å². The van der Waals surface area contributed by atoms with Crippen molar-refractivity contribution in [3.63, 3.8) is 0 Å². The van der Waals surface area contributed by atoms with E-state index in [0.29, 0.717) is 33.1 Å². The fraction of sp³-hybridized carbons (Fsp3) is 0.419. The van der Waals surface area contributed by atoms with Gasteiger partial charge in [0.15, 0.2) is 0 Å². The van der Waals surface area contributed by atoms with Crippen LogP contribution >= 0.6 is 23.2 Å². The van der Waals surface area contributed by atoms with Gasteiger partial charge in [-0.25, -0.2) is 8.42 Å². The number of carbonyl (C=O) groups is 2. The van der Waals surface area contributed by atoms with Crippen LogP contribution in [0.5, 0.6) is 0 Å². The molecule has 41 heavy (non-hydrogen) atoms. The van der Waals surface area contributed by atoms with E-state index in [1.54, 1.807) is 41.3 Å². The molecule has 1 heterocycles. The molecule has 218 valence electrons. The molecule has 1 atom stereocenters. The van der Waals surface area contributed by atoms with Gasteiger partial charge in [0.1, 0.15) is 6.04 Å². The smallest absolute Gasteiger partial charge is 0.265 e. The van der Waals surface area contributed by atoms with Gasteiger partial charge in [0.2, 0.25) is 11.8 Å². The van der Waals surface area contributed by atoms with Gasteiger partial charge in [-0.05, 0) is 55.3 Å². The van der Waals surface area contributed by atoms with E-state index >= 15 is 0 Å². The molecular weight excluding hydrogens is 581 g/mol.